The second-order valence-electron chi connectivity index (χ2n) is 8.74. The van der Waals surface area contributed by atoms with Crippen LogP contribution in [0.1, 0.15) is 16.7 Å². The van der Waals surface area contributed by atoms with Gasteiger partial charge >= 0.3 is 0 Å². The van der Waals surface area contributed by atoms with Crippen LogP contribution in [0, 0.1) is 0 Å². The normalized spacial score (nSPS) is 12.0. The number of H-pyrrole nitrogens is 1. The maximum Gasteiger partial charge on any atom is 0.240 e. The zero-order valence-corrected chi connectivity index (χ0v) is 19.8. The fourth-order valence-corrected chi connectivity index (χ4v) is 4.32. The predicted octanol–water partition coefficient (Wildman–Crippen LogP) is 4.16. The molecule has 3 N–H and O–H groups in total. The molecule has 0 fully saturated rings. The van der Waals surface area contributed by atoms with Gasteiger partial charge in [-0.2, -0.15) is 0 Å². The molecule has 0 radical (unpaired) electrons. The lowest BCUT2D eigenvalue weighted by Gasteiger charge is -2.25. The molecule has 34 heavy (non-hydrogen) atoms. The molecule has 1 amide bonds. The maximum absolute atomic E-state index is 13.3. The lowest BCUT2D eigenvalue weighted by molar-refractivity contribution is -0.132. The standard InChI is InChI=1S/C29H34N4O/c1-33(22-24-12-6-3-7-13-24)29(34)28(20-23-10-4-2-5-11-23)31-19-18-30-17-16-25-21-32-27-15-9-8-14-26(25)27/h2-15,21,28,30-32H,16-20,22H2,1H3/t28-/m0/s1. The topological polar surface area (TPSA) is 60.2 Å². The van der Waals surface area contributed by atoms with E-state index in [-0.39, 0.29) is 11.9 Å². The molecule has 0 bridgehead atoms. The number of carbonyl (C=O) groups is 1. The van der Waals surface area contributed by atoms with Gasteiger partial charge in [-0.25, -0.2) is 0 Å². The maximum atomic E-state index is 13.3. The lowest BCUT2D eigenvalue weighted by Crippen LogP contribution is -2.47. The fourth-order valence-electron chi connectivity index (χ4n) is 4.32. The molecule has 0 unspecified atom stereocenters. The first-order chi connectivity index (χ1) is 16.7. The van der Waals surface area contributed by atoms with E-state index in [1.807, 2.05) is 48.3 Å². The highest BCUT2D eigenvalue weighted by molar-refractivity contribution is 5.83. The Hall–Kier alpha value is -3.41. The third-order valence-corrected chi connectivity index (χ3v) is 6.16. The highest BCUT2D eigenvalue weighted by atomic mass is 16.2. The van der Waals surface area contributed by atoms with Gasteiger partial charge in [0.25, 0.3) is 0 Å². The molecule has 0 aliphatic carbocycles. The van der Waals surface area contributed by atoms with Crippen molar-refractivity contribution < 1.29 is 4.79 Å². The molecule has 0 saturated heterocycles. The van der Waals surface area contributed by atoms with Gasteiger partial charge in [0.05, 0.1) is 6.04 Å². The van der Waals surface area contributed by atoms with E-state index in [0.717, 1.165) is 37.2 Å². The summed E-state index contributed by atoms with van der Waals surface area (Å²) in [6.07, 6.45) is 3.74. The van der Waals surface area contributed by atoms with E-state index in [1.54, 1.807) is 0 Å². The molecule has 0 saturated carbocycles. The molecule has 3 aromatic carbocycles. The summed E-state index contributed by atoms with van der Waals surface area (Å²) >= 11 is 0. The number of aromatic nitrogens is 1. The average Bonchev–Trinajstić information content (AvgIpc) is 3.29. The largest absolute Gasteiger partial charge is 0.361 e. The summed E-state index contributed by atoms with van der Waals surface area (Å²) in [6, 6.07) is 28.5. The van der Waals surface area contributed by atoms with Crippen LogP contribution < -0.4 is 10.6 Å². The summed E-state index contributed by atoms with van der Waals surface area (Å²) in [5.41, 5.74) is 4.81. The summed E-state index contributed by atoms with van der Waals surface area (Å²) in [7, 11) is 1.88. The van der Waals surface area contributed by atoms with Crippen molar-refractivity contribution in [2.75, 3.05) is 26.7 Å². The number of amides is 1. The van der Waals surface area contributed by atoms with E-state index >= 15 is 0 Å². The third-order valence-electron chi connectivity index (χ3n) is 6.16. The number of aromatic amines is 1. The summed E-state index contributed by atoms with van der Waals surface area (Å²) < 4.78 is 0. The van der Waals surface area contributed by atoms with E-state index in [0.29, 0.717) is 13.0 Å². The van der Waals surface area contributed by atoms with Crippen molar-refractivity contribution in [1.82, 2.24) is 20.5 Å². The second-order valence-corrected chi connectivity index (χ2v) is 8.74. The number of fused-ring (bicyclic) bond motifs is 1. The number of carbonyl (C=O) groups excluding carboxylic acids is 1. The number of likely N-dealkylation sites (N-methyl/N-ethyl adjacent to an activating group) is 1. The molecule has 5 nitrogen and oxygen atoms in total. The average molecular weight is 455 g/mol. The molecule has 4 rings (SSSR count). The Kier molecular flexibility index (Phi) is 8.49. The molecule has 1 heterocycles. The molecule has 0 spiro atoms. The van der Waals surface area contributed by atoms with Crippen molar-refractivity contribution >= 4 is 16.8 Å². The number of hydrogen-bond acceptors (Lipinski definition) is 3. The van der Waals surface area contributed by atoms with Crippen LogP contribution in [0.3, 0.4) is 0 Å². The minimum atomic E-state index is -0.258. The van der Waals surface area contributed by atoms with Gasteiger partial charge in [0, 0.05) is 43.8 Å². The summed E-state index contributed by atoms with van der Waals surface area (Å²) in [6.45, 7) is 3.05. The molecular weight excluding hydrogens is 420 g/mol. The van der Waals surface area contributed by atoms with E-state index in [2.05, 4.69) is 70.3 Å². The van der Waals surface area contributed by atoms with Crippen LogP contribution in [0.15, 0.2) is 91.1 Å². The highest BCUT2D eigenvalue weighted by Gasteiger charge is 2.22. The number of hydrogen-bond donors (Lipinski definition) is 3. The Morgan fingerprint density at radius 3 is 2.29 bits per heavy atom. The molecule has 0 aliphatic heterocycles. The van der Waals surface area contributed by atoms with Crippen LogP contribution in [0.5, 0.6) is 0 Å². The summed E-state index contributed by atoms with van der Waals surface area (Å²) in [4.78, 5) is 18.4. The van der Waals surface area contributed by atoms with Gasteiger partial charge in [-0.1, -0.05) is 78.9 Å². The number of rotatable bonds is 12. The Balaban J connectivity index is 1.27. The minimum absolute atomic E-state index is 0.117. The van der Waals surface area contributed by atoms with E-state index in [9.17, 15) is 4.79 Å². The number of para-hydroxylation sites is 1. The molecule has 1 atom stereocenters. The fraction of sp³-hybridized carbons (Fsp3) is 0.276. The molecule has 4 aromatic rings. The smallest absolute Gasteiger partial charge is 0.240 e. The number of nitrogens with zero attached hydrogens (tertiary/aromatic N) is 1. The molecule has 0 aliphatic rings. The van der Waals surface area contributed by atoms with E-state index < -0.39 is 0 Å². The minimum Gasteiger partial charge on any atom is -0.361 e. The van der Waals surface area contributed by atoms with Crippen molar-refractivity contribution in [2.24, 2.45) is 0 Å². The van der Waals surface area contributed by atoms with Gasteiger partial charge in [-0.3, -0.25) is 4.79 Å². The van der Waals surface area contributed by atoms with Gasteiger partial charge in [0.1, 0.15) is 0 Å². The SMILES string of the molecule is CN(Cc1ccccc1)C(=O)[C@H](Cc1ccccc1)NCCNCCc1c[nH]c2ccccc12. The van der Waals surface area contributed by atoms with Crippen molar-refractivity contribution in [2.45, 2.75) is 25.4 Å². The summed E-state index contributed by atoms with van der Waals surface area (Å²) in [5.74, 6) is 0.117. The second kappa shape index (κ2) is 12.2. The summed E-state index contributed by atoms with van der Waals surface area (Å²) in [5, 5.41) is 8.30. The van der Waals surface area contributed by atoms with Crippen LogP contribution in [-0.4, -0.2) is 48.5 Å². The number of nitrogens with one attached hydrogen (secondary N) is 3. The van der Waals surface area contributed by atoms with Gasteiger partial charge < -0.3 is 20.5 Å². The van der Waals surface area contributed by atoms with Crippen LogP contribution >= 0.6 is 0 Å². The molecule has 1 aromatic heterocycles. The van der Waals surface area contributed by atoms with Crippen LogP contribution in [-0.2, 0) is 24.2 Å². The zero-order chi connectivity index (χ0) is 23.6. The first-order valence-corrected chi connectivity index (χ1v) is 12.0. The van der Waals surface area contributed by atoms with Crippen molar-refractivity contribution in [3.63, 3.8) is 0 Å². The Labute approximate surface area is 202 Å². The Morgan fingerprint density at radius 1 is 0.853 bits per heavy atom. The molecule has 176 valence electrons. The van der Waals surface area contributed by atoms with Gasteiger partial charge in [-0.15, -0.1) is 0 Å². The van der Waals surface area contributed by atoms with Gasteiger partial charge in [0.15, 0.2) is 0 Å². The van der Waals surface area contributed by atoms with E-state index in [1.165, 1.54) is 16.5 Å². The van der Waals surface area contributed by atoms with E-state index in [4.69, 9.17) is 0 Å². The van der Waals surface area contributed by atoms with Crippen LogP contribution in [0.25, 0.3) is 10.9 Å². The monoisotopic (exact) mass is 454 g/mol. The van der Waals surface area contributed by atoms with Crippen molar-refractivity contribution in [1.29, 1.82) is 0 Å². The molecular formula is C29H34N4O. The first-order valence-electron chi connectivity index (χ1n) is 12.0. The Bertz CT molecular complexity index is 1160. The van der Waals surface area contributed by atoms with Crippen molar-refractivity contribution in [3.05, 3.63) is 108 Å². The van der Waals surface area contributed by atoms with Crippen LogP contribution in [0.2, 0.25) is 0 Å². The third kappa shape index (κ3) is 6.56. The zero-order valence-electron chi connectivity index (χ0n) is 19.8. The highest BCUT2D eigenvalue weighted by Crippen LogP contribution is 2.17. The number of benzene rings is 3. The molecule has 5 heteroatoms. The van der Waals surface area contributed by atoms with Crippen molar-refractivity contribution in [3.8, 4) is 0 Å². The predicted molar refractivity (Wildman–Crippen MR) is 140 cm³/mol. The first kappa shape index (κ1) is 23.7. The van der Waals surface area contributed by atoms with Gasteiger partial charge in [-0.05, 0) is 42.1 Å². The lowest BCUT2D eigenvalue weighted by atomic mass is 10.0. The Morgan fingerprint density at radius 2 is 1.53 bits per heavy atom. The van der Waals surface area contributed by atoms with Gasteiger partial charge in [0.2, 0.25) is 5.91 Å². The quantitative estimate of drug-likeness (QED) is 0.282. The van der Waals surface area contributed by atoms with Crippen LogP contribution in [0.4, 0.5) is 0 Å².